The maximum Gasteiger partial charge on any atom is -0.0334 e. The van der Waals surface area contributed by atoms with Crippen LogP contribution in [0.25, 0.3) is 0 Å². The zero-order chi connectivity index (χ0) is 19.7. The fourth-order valence-corrected chi connectivity index (χ4v) is 8.76. The fourth-order valence-electron chi connectivity index (χ4n) is 8.76. The molecule has 4 aliphatic rings. The van der Waals surface area contributed by atoms with Crippen LogP contribution in [-0.2, 0) is 0 Å². The van der Waals surface area contributed by atoms with E-state index in [-0.39, 0.29) is 0 Å². The van der Waals surface area contributed by atoms with Crippen LogP contribution < -0.4 is 0 Å². The molecule has 4 rings (SSSR count). The van der Waals surface area contributed by atoms with Crippen molar-refractivity contribution in [3.8, 4) is 0 Å². The molecule has 4 fully saturated rings. The zero-order valence-corrected chi connectivity index (χ0v) is 19.7. The molecule has 0 aromatic heterocycles. The van der Waals surface area contributed by atoms with Crippen LogP contribution in [-0.4, -0.2) is 0 Å². The molecule has 0 heteroatoms. The largest absolute Gasteiger partial charge is 0.0625 e. The molecule has 4 aliphatic carbocycles. The second-order valence-corrected chi connectivity index (χ2v) is 12.5. The van der Waals surface area contributed by atoms with Crippen LogP contribution in [0.4, 0.5) is 0 Å². The summed E-state index contributed by atoms with van der Waals surface area (Å²) in [7, 11) is 0. The molecule has 2 unspecified atom stereocenters. The lowest BCUT2D eigenvalue weighted by Gasteiger charge is -2.48. The Balaban J connectivity index is 1.26. The number of hydrogen-bond acceptors (Lipinski definition) is 0. The molecule has 0 bridgehead atoms. The smallest absolute Gasteiger partial charge is 0.0334 e. The number of rotatable bonds is 3. The SMILES string of the molecule is CC1CCC(C2CCC(C3CC(C)C(C4CCC(C)CC4)C(C)C3)CC2)CC1. The monoisotopic (exact) mass is 386 g/mol. The third kappa shape index (κ3) is 4.83. The molecule has 0 amide bonds. The summed E-state index contributed by atoms with van der Waals surface area (Å²) < 4.78 is 0. The lowest BCUT2D eigenvalue weighted by atomic mass is 9.57. The van der Waals surface area contributed by atoms with Crippen LogP contribution in [0.3, 0.4) is 0 Å². The highest BCUT2D eigenvalue weighted by Crippen LogP contribution is 2.51. The topological polar surface area (TPSA) is 0 Å². The van der Waals surface area contributed by atoms with E-state index in [2.05, 4.69) is 27.7 Å². The van der Waals surface area contributed by atoms with E-state index in [0.717, 1.165) is 59.2 Å². The van der Waals surface area contributed by atoms with Crippen molar-refractivity contribution in [2.24, 2.45) is 59.2 Å². The van der Waals surface area contributed by atoms with Gasteiger partial charge in [-0.3, -0.25) is 0 Å². The van der Waals surface area contributed by atoms with Crippen LogP contribution in [0.1, 0.15) is 118 Å². The average molecular weight is 387 g/mol. The molecule has 0 radical (unpaired) electrons. The van der Waals surface area contributed by atoms with Crippen molar-refractivity contribution >= 4 is 0 Å². The zero-order valence-electron chi connectivity index (χ0n) is 19.7. The van der Waals surface area contributed by atoms with E-state index in [9.17, 15) is 0 Å². The molecule has 0 heterocycles. The van der Waals surface area contributed by atoms with Gasteiger partial charge in [0.15, 0.2) is 0 Å². The molecule has 0 spiro atoms. The van der Waals surface area contributed by atoms with Gasteiger partial charge in [0.25, 0.3) is 0 Å². The van der Waals surface area contributed by atoms with E-state index >= 15 is 0 Å². The summed E-state index contributed by atoms with van der Waals surface area (Å²) in [4.78, 5) is 0. The van der Waals surface area contributed by atoms with Gasteiger partial charge in [0.05, 0.1) is 0 Å². The predicted octanol–water partition coefficient (Wildman–Crippen LogP) is 8.74. The summed E-state index contributed by atoms with van der Waals surface area (Å²) in [6, 6.07) is 0. The van der Waals surface area contributed by atoms with Crippen molar-refractivity contribution in [2.75, 3.05) is 0 Å². The lowest BCUT2D eigenvalue weighted by Crippen LogP contribution is -2.39. The van der Waals surface area contributed by atoms with Crippen molar-refractivity contribution in [2.45, 2.75) is 118 Å². The van der Waals surface area contributed by atoms with Gasteiger partial charge >= 0.3 is 0 Å². The van der Waals surface area contributed by atoms with Gasteiger partial charge in [-0.15, -0.1) is 0 Å². The molecule has 0 aromatic carbocycles. The molecule has 0 aliphatic heterocycles. The van der Waals surface area contributed by atoms with Crippen molar-refractivity contribution in [1.29, 1.82) is 0 Å². The van der Waals surface area contributed by atoms with E-state index in [1.54, 1.807) is 51.4 Å². The molecule has 2 atom stereocenters. The second-order valence-electron chi connectivity index (χ2n) is 12.5. The normalized spacial score (nSPS) is 51.0. The Bertz CT molecular complexity index is 444. The van der Waals surface area contributed by atoms with Crippen molar-refractivity contribution in [3.05, 3.63) is 0 Å². The van der Waals surface area contributed by atoms with Gasteiger partial charge in [-0.2, -0.15) is 0 Å². The summed E-state index contributed by atoms with van der Waals surface area (Å²) in [5.74, 6) is 10.4. The third-order valence-electron chi connectivity index (χ3n) is 10.5. The van der Waals surface area contributed by atoms with Gasteiger partial charge in [0.1, 0.15) is 0 Å². The maximum absolute atomic E-state index is 2.64. The van der Waals surface area contributed by atoms with Crippen LogP contribution >= 0.6 is 0 Å². The Morgan fingerprint density at radius 2 is 0.679 bits per heavy atom. The minimum atomic E-state index is 0.990. The first kappa shape index (κ1) is 21.2. The summed E-state index contributed by atoms with van der Waals surface area (Å²) in [5, 5.41) is 0. The Morgan fingerprint density at radius 3 is 1.11 bits per heavy atom. The second kappa shape index (κ2) is 9.43. The highest BCUT2D eigenvalue weighted by molar-refractivity contribution is 4.92. The first-order chi connectivity index (χ1) is 13.5. The first-order valence-electron chi connectivity index (χ1n) is 13.5. The number of hydrogen-bond donors (Lipinski definition) is 0. The third-order valence-corrected chi connectivity index (χ3v) is 10.5. The van der Waals surface area contributed by atoms with E-state index in [1.807, 2.05) is 0 Å². The average Bonchev–Trinajstić information content (AvgIpc) is 2.70. The van der Waals surface area contributed by atoms with E-state index in [1.165, 1.54) is 38.5 Å². The quantitative estimate of drug-likeness (QED) is 0.454. The van der Waals surface area contributed by atoms with Gasteiger partial charge < -0.3 is 0 Å². The molecule has 0 saturated heterocycles. The van der Waals surface area contributed by atoms with Crippen molar-refractivity contribution in [1.82, 2.24) is 0 Å². The van der Waals surface area contributed by atoms with Crippen LogP contribution in [0.15, 0.2) is 0 Å². The standard InChI is InChI=1S/C28H50/c1-19-5-9-23(10-6-19)24-13-15-25(16-14-24)27-17-21(3)28(22(4)18-27)26-11-7-20(2)8-12-26/h19-28H,5-18H2,1-4H3. The maximum atomic E-state index is 2.64. The fraction of sp³-hybridized carbons (Fsp3) is 1.00. The molecular weight excluding hydrogens is 336 g/mol. The summed E-state index contributed by atoms with van der Waals surface area (Å²) in [6.45, 7) is 10.2. The molecule has 0 nitrogen and oxygen atoms in total. The Morgan fingerprint density at radius 1 is 0.357 bits per heavy atom. The Kier molecular flexibility index (Phi) is 7.15. The van der Waals surface area contributed by atoms with E-state index in [0.29, 0.717) is 0 Å². The minimum Gasteiger partial charge on any atom is -0.0625 e. The van der Waals surface area contributed by atoms with Gasteiger partial charge in [0.2, 0.25) is 0 Å². The highest BCUT2D eigenvalue weighted by atomic mass is 14.5. The molecular formula is C28H50. The highest BCUT2D eigenvalue weighted by Gasteiger charge is 2.41. The van der Waals surface area contributed by atoms with Crippen LogP contribution in [0.5, 0.6) is 0 Å². The van der Waals surface area contributed by atoms with E-state index in [4.69, 9.17) is 0 Å². The lowest BCUT2D eigenvalue weighted by molar-refractivity contribution is 0.0189. The summed E-state index contributed by atoms with van der Waals surface area (Å²) in [6.07, 6.45) is 21.7. The van der Waals surface area contributed by atoms with Gasteiger partial charge in [0, 0.05) is 0 Å². The van der Waals surface area contributed by atoms with Gasteiger partial charge in [-0.25, -0.2) is 0 Å². The molecule has 28 heavy (non-hydrogen) atoms. The van der Waals surface area contributed by atoms with Crippen LogP contribution in [0.2, 0.25) is 0 Å². The Labute approximate surface area is 177 Å². The van der Waals surface area contributed by atoms with Crippen molar-refractivity contribution < 1.29 is 0 Å². The molecule has 0 aromatic rings. The van der Waals surface area contributed by atoms with Crippen molar-refractivity contribution in [3.63, 3.8) is 0 Å². The van der Waals surface area contributed by atoms with E-state index < -0.39 is 0 Å². The summed E-state index contributed by atoms with van der Waals surface area (Å²) >= 11 is 0. The molecule has 0 N–H and O–H groups in total. The first-order valence-corrected chi connectivity index (χ1v) is 13.5. The van der Waals surface area contributed by atoms with Crippen LogP contribution in [0, 0.1) is 59.2 Å². The summed E-state index contributed by atoms with van der Waals surface area (Å²) in [5.41, 5.74) is 0. The molecule has 4 saturated carbocycles. The van der Waals surface area contributed by atoms with Gasteiger partial charge in [-0.05, 0) is 123 Å². The molecule has 162 valence electrons. The van der Waals surface area contributed by atoms with Gasteiger partial charge in [-0.1, -0.05) is 53.4 Å². The minimum absolute atomic E-state index is 0.990. The predicted molar refractivity (Wildman–Crippen MR) is 122 cm³/mol. The Hall–Kier alpha value is 0.